The Kier molecular flexibility index (Phi) is 8.19. The van der Waals surface area contributed by atoms with E-state index in [-0.39, 0.29) is 24.4 Å². The van der Waals surface area contributed by atoms with Gasteiger partial charge in [0, 0.05) is 13.0 Å². The lowest BCUT2D eigenvalue weighted by molar-refractivity contribution is -0.122. The molecule has 0 saturated carbocycles. The summed E-state index contributed by atoms with van der Waals surface area (Å²) in [5.74, 6) is 1.13. The molecule has 0 aliphatic heterocycles. The van der Waals surface area contributed by atoms with Crippen molar-refractivity contribution in [1.82, 2.24) is 5.32 Å². The van der Waals surface area contributed by atoms with Crippen molar-refractivity contribution in [3.63, 3.8) is 0 Å². The summed E-state index contributed by atoms with van der Waals surface area (Å²) < 4.78 is 5.13. The molecule has 3 N–H and O–H groups in total. The Bertz CT molecular complexity index is 380. The van der Waals surface area contributed by atoms with Crippen molar-refractivity contribution in [2.75, 3.05) is 13.7 Å². The Morgan fingerprint density at radius 3 is 2.32 bits per heavy atom. The average Bonchev–Trinajstić information content (AvgIpc) is 2.36. The first kappa shape index (κ1) is 17.7. The van der Waals surface area contributed by atoms with Crippen LogP contribution in [-0.2, 0) is 4.79 Å². The monoisotopic (exact) mass is 286 g/mol. The van der Waals surface area contributed by atoms with Crippen molar-refractivity contribution >= 4 is 18.3 Å². The van der Waals surface area contributed by atoms with Gasteiger partial charge in [0.2, 0.25) is 5.91 Å². The largest absolute Gasteiger partial charge is 0.497 e. The van der Waals surface area contributed by atoms with Crippen LogP contribution in [-0.4, -0.2) is 19.6 Å². The van der Waals surface area contributed by atoms with Crippen molar-refractivity contribution in [2.24, 2.45) is 11.7 Å². The number of hydrogen-bond acceptors (Lipinski definition) is 3. The number of halogens is 1. The Labute approximate surface area is 121 Å². The third kappa shape index (κ3) is 5.49. The van der Waals surface area contributed by atoms with E-state index in [0.29, 0.717) is 18.9 Å². The van der Waals surface area contributed by atoms with Crippen LogP contribution in [0.5, 0.6) is 5.75 Å². The van der Waals surface area contributed by atoms with E-state index in [1.165, 1.54) is 0 Å². The molecule has 0 heterocycles. The number of rotatable bonds is 6. The van der Waals surface area contributed by atoms with E-state index in [1.807, 2.05) is 24.3 Å². The number of amides is 1. The minimum atomic E-state index is -0.00739. The molecule has 0 aliphatic carbocycles. The van der Waals surface area contributed by atoms with Gasteiger partial charge in [0.25, 0.3) is 0 Å². The lowest BCUT2D eigenvalue weighted by Crippen LogP contribution is -2.32. The highest BCUT2D eigenvalue weighted by Gasteiger charge is 2.17. The average molecular weight is 287 g/mol. The Morgan fingerprint density at radius 1 is 1.32 bits per heavy atom. The maximum Gasteiger partial charge on any atom is 0.221 e. The number of carbonyl (C=O) groups excluding carboxylic acids is 1. The van der Waals surface area contributed by atoms with Gasteiger partial charge in [0.1, 0.15) is 5.75 Å². The summed E-state index contributed by atoms with van der Waals surface area (Å²) in [7, 11) is 1.64. The van der Waals surface area contributed by atoms with E-state index in [9.17, 15) is 4.79 Å². The third-order valence-corrected chi connectivity index (χ3v) is 2.83. The molecule has 0 spiro atoms. The van der Waals surface area contributed by atoms with E-state index in [4.69, 9.17) is 10.5 Å². The van der Waals surface area contributed by atoms with Gasteiger partial charge in [-0.15, -0.1) is 12.4 Å². The lowest BCUT2D eigenvalue weighted by Gasteiger charge is -2.23. The molecule has 0 fully saturated rings. The van der Waals surface area contributed by atoms with Crippen LogP contribution < -0.4 is 15.8 Å². The second-order valence-electron chi connectivity index (χ2n) is 4.60. The molecule has 5 heteroatoms. The third-order valence-electron chi connectivity index (χ3n) is 2.83. The standard InChI is InChI=1S/C14H22N2O2.ClH/c1-10(2)14(16-13(17)8-9-15)11-4-6-12(18-3)7-5-11;/h4-7,10,14H,8-9,15H2,1-3H3,(H,16,17);1H. The van der Waals surface area contributed by atoms with Crippen molar-refractivity contribution in [3.8, 4) is 5.75 Å². The summed E-state index contributed by atoms with van der Waals surface area (Å²) >= 11 is 0. The van der Waals surface area contributed by atoms with E-state index >= 15 is 0 Å². The Morgan fingerprint density at radius 2 is 1.89 bits per heavy atom. The van der Waals surface area contributed by atoms with Gasteiger partial charge in [-0.25, -0.2) is 0 Å². The summed E-state index contributed by atoms with van der Waals surface area (Å²) in [4.78, 5) is 11.6. The van der Waals surface area contributed by atoms with Gasteiger partial charge in [-0.1, -0.05) is 26.0 Å². The second-order valence-corrected chi connectivity index (χ2v) is 4.60. The fourth-order valence-corrected chi connectivity index (χ4v) is 1.82. The van der Waals surface area contributed by atoms with Crippen LogP contribution in [0.1, 0.15) is 31.9 Å². The lowest BCUT2D eigenvalue weighted by atomic mass is 9.96. The molecular weight excluding hydrogens is 264 g/mol. The maximum absolute atomic E-state index is 11.6. The number of hydrogen-bond donors (Lipinski definition) is 2. The van der Waals surface area contributed by atoms with Crippen LogP contribution >= 0.6 is 12.4 Å². The summed E-state index contributed by atoms with van der Waals surface area (Å²) in [5, 5.41) is 3.01. The van der Waals surface area contributed by atoms with E-state index < -0.39 is 0 Å². The zero-order chi connectivity index (χ0) is 13.5. The van der Waals surface area contributed by atoms with E-state index in [0.717, 1.165) is 11.3 Å². The van der Waals surface area contributed by atoms with Crippen LogP contribution in [0.4, 0.5) is 0 Å². The second kappa shape index (κ2) is 8.77. The Balaban J connectivity index is 0.00000324. The topological polar surface area (TPSA) is 64.3 Å². The molecular formula is C14H23ClN2O2. The van der Waals surface area contributed by atoms with Crippen LogP contribution in [0.25, 0.3) is 0 Å². The first-order valence-electron chi connectivity index (χ1n) is 6.22. The normalized spacial score (nSPS) is 11.6. The highest BCUT2D eigenvalue weighted by atomic mass is 35.5. The predicted molar refractivity (Wildman–Crippen MR) is 79.6 cm³/mol. The van der Waals surface area contributed by atoms with Gasteiger partial charge < -0.3 is 15.8 Å². The van der Waals surface area contributed by atoms with Gasteiger partial charge >= 0.3 is 0 Å². The molecule has 1 unspecified atom stereocenters. The molecule has 1 aromatic carbocycles. The minimum Gasteiger partial charge on any atom is -0.497 e. The first-order valence-corrected chi connectivity index (χ1v) is 6.22. The van der Waals surface area contributed by atoms with Crippen LogP contribution in [0.2, 0.25) is 0 Å². The van der Waals surface area contributed by atoms with E-state index in [2.05, 4.69) is 19.2 Å². The molecule has 1 rings (SSSR count). The van der Waals surface area contributed by atoms with Crippen LogP contribution in [0, 0.1) is 5.92 Å². The molecule has 0 saturated heterocycles. The molecule has 1 amide bonds. The number of nitrogens with two attached hydrogens (primary N) is 1. The molecule has 4 nitrogen and oxygen atoms in total. The fraction of sp³-hybridized carbons (Fsp3) is 0.500. The van der Waals surface area contributed by atoms with Crippen LogP contribution in [0.3, 0.4) is 0 Å². The zero-order valence-corrected chi connectivity index (χ0v) is 12.5. The van der Waals surface area contributed by atoms with Gasteiger partial charge in [-0.2, -0.15) is 0 Å². The van der Waals surface area contributed by atoms with Crippen molar-refractivity contribution in [3.05, 3.63) is 29.8 Å². The number of ether oxygens (including phenoxy) is 1. The van der Waals surface area contributed by atoms with Gasteiger partial charge in [-0.3, -0.25) is 4.79 Å². The van der Waals surface area contributed by atoms with E-state index in [1.54, 1.807) is 7.11 Å². The minimum absolute atomic E-state index is 0. The number of nitrogens with one attached hydrogen (secondary N) is 1. The summed E-state index contributed by atoms with van der Waals surface area (Å²) in [6.45, 7) is 4.54. The quantitative estimate of drug-likeness (QED) is 0.843. The first-order chi connectivity index (χ1) is 8.58. The molecule has 0 bridgehead atoms. The molecule has 19 heavy (non-hydrogen) atoms. The fourth-order valence-electron chi connectivity index (χ4n) is 1.82. The summed E-state index contributed by atoms with van der Waals surface area (Å²) in [6.07, 6.45) is 0.360. The highest BCUT2D eigenvalue weighted by molar-refractivity contribution is 5.85. The number of methoxy groups -OCH3 is 1. The predicted octanol–water partition coefficient (Wildman–Crippen LogP) is 2.28. The molecule has 0 radical (unpaired) electrons. The van der Waals surface area contributed by atoms with Gasteiger partial charge in [0.15, 0.2) is 0 Å². The number of benzene rings is 1. The molecule has 0 aromatic heterocycles. The Hall–Kier alpha value is -1.26. The summed E-state index contributed by atoms with van der Waals surface area (Å²) in [6, 6.07) is 7.77. The van der Waals surface area contributed by atoms with Gasteiger partial charge in [0.05, 0.1) is 13.2 Å². The van der Waals surface area contributed by atoms with Gasteiger partial charge in [-0.05, 0) is 23.6 Å². The van der Waals surface area contributed by atoms with Crippen molar-refractivity contribution < 1.29 is 9.53 Å². The van der Waals surface area contributed by atoms with Crippen molar-refractivity contribution in [2.45, 2.75) is 26.3 Å². The highest BCUT2D eigenvalue weighted by Crippen LogP contribution is 2.23. The van der Waals surface area contributed by atoms with Crippen molar-refractivity contribution in [1.29, 1.82) is 0 Å². The molecule has 1 aromatic rings. The molecule has 0 aliphatic rings. The smallest absolute Gasteiger partial charge is 0.221 e. The number of carbonyl (C=O) groups is 1. The zero-order valence-electron chi connectivity index (χ0n) is 11.7. The summed E-state index contributed by atoms with van der Waals surface area (Å²) in [5.41, 5.74) is 6.46. The molecule has 108 valence electrons. The SMILES string of the molecule is COc1ccc(C(NC(=O)CCN)C(C)C)cc1.Cl. The van der Waals surface area contributed by atoms with Crippen LogP contribution in [0.15, 0.2) is 24.3 Å². The molecule has 1 atom stereocenters. The maximum atomic E-state index is 11.6.